The second-order valence-electron chi connectivity index (χ2n) is 5.69. The molecule has 0 N–H and O–H groups in total. The number of Topliss-reactive ketones (excluding diaryl/α,β-unsaturated/α-hetero) is 1. The Morgan fingerprint density at radius 2 is 1.82 bits per heavy atom. The number of carbonyl (C=O) groups is 1. The van der Waals surface area contributed by atoms with Gasteiger partial charge in [-0.2, -0.15) is 0 Å². The number of hydrogen-bond donors (Lipinski definition) is 0. The predicted octanol–water partition coefficient (Wildman–Crippen LogP) is 3.58. The van der Waals surface area contributed by atoms with Crippen molar-refractivity contribution in [1.29, 1.82) is 0 Å². The van der Waals surface area contributed by atoms with Crippen molar-refractivity contribution in [3.8, 4) is 11.5 Å². The lowest BCUT2D eigenvalue weighted by Crippen LogP contribution is -2.16. The molecule has 2 aliphatic rings. The molecule has 1 aliphatic heterocycles. The highest BCUT2D eigenvalue weighted by atomic mass is 19.1. The Morgan fingerprint density at radius 1 is 1.05 bits per heavy atom. The van der Waals surface area contributed by atoms with Gasteiger partial charge in [-0.25, -0.2) is 4.39 Å². The zero-order chi connectivity index (χ0) is 15.1. The predicted molar refractivity (Wildman–Crippen MR) is 79.0 cm³/mol. The van der Waals surface area contributed by atoms with Crippen molar-refractivity contribution in [3.63, 3.8) is 0 Å². The summed E-state index contributed by atoms with van der Waals surface area (Å²) < 4.78 is 24.8. The van der Waals surface area contributed by atoms with Crippen molar-refractivity contribution in [2.75, 3.05) is 13.2 Å². The molecular formula is C18H15FO3. The molecule has 0 bridgehead atoms. The number of ketones is 1. The normalized spacial score (nSPS) is 22.2. The molecular weight excluding hydrogens is 283 g/mol. The summed E-state index contributed by atoms with van der Waals surface area (Å²) in [5, 5.41) is 0. The summed E-state index contributed by atoms with van der Waals surface area (Å²) in [5.41, 5.74) is 1.24. The van der Waals surface area contributed by atoms with Crippen LogP contribution in [0.3, 0.4) is 0 Å². The van der Waals surface area contributed by atoms with E-state index in [1.165, 1.54) is 6.07 Å². The molecule has 112 valence electrons. The van der Waals surface area contributed by atoms with Crippen molar-refractivity contribution in [2.45, 2.75) is 12.3 Å². The van der Waals surface area contributed by atoms with Gasteiger partial charge in [0.15, 0.2) is 17.3 Å². The van der Waals surface area contributed by atoms with Gasteiger partial charge in [0, 0.05) is 11.5 Å². The average Bonchev–Trinajstić information content (AvgIpc) is 3.34. The van der Waals surface area contributed by atoms with Gasteiger partial charge in [0.25, 0.3) is 0 Å². The Morgan fingerprint density at radius 3 is 2.64 bits per heavy atom. The number of fused-ring (bicyclic) bond motifs is 1. The van der Waals surface area contributed by atoms with Gasteiger partial charge in [-0.15, -0.1) is 0 Å². The third-order valence-electron chi connectivity index (χ3n) is 4.26. The fraction of sp³-hybridized carbons (Fsp3) is 0.278. The van der Waals surface area contributed by atoms with Gasteiger partial charge in [-0.1, -0.05) is 18.2 Å². The van der Waals surface area contributed by atoms with Crippen LogP contribution in [0.15, 0.2) is 42.5 Å². The average molecular weight is 298 g/mol. The van der Waals surface area contributed by atoms with Gasteiger partial charge in [-0.3, -0.25) is 4.79 Å². The van der Waals surface area contributed by atoms with Gasteiger partial charge >= 0.3 is 0 Å². The van der Waals surface area contributed by atoms with Crippen molar-refractivity contribution in [2.24, 2.45) is 5.92 Å². The number of halogens is 1. The molecule has 1 heterocycles. The molecule has 1 aliphatic carbocycles. The molecule has 22 heavy (non-hydrogen) atoms. The molecule has 1 saturated carbocycles. The van der Waals surface area contributed by atoms with Gasteiger partial charge < -0.3 is 9.47 Å². The summed E-state index contributed by atoms with van der Waals surface area (Å²) in [6.07, 6.45) is 0.703. The molecule has 0 aromatic heterocycles. The van der Waals surface area contributed by atoms with E-state index in [4.69, 9.17) is 9.47 Å². The molecule has 3 nitrogen and oxygen atoms in total. The first-order valence-electron chi connectivity index (χ1n) is 7.42. The molecule has 2 aromatic carbocycles. The Balaban J connectivity index is 1.55. The number of ether oxygens (including phenoxy) is 2. The van der Waals surface area contributed by atoms with E-state index in [0.29, 0.717) is 42.3 Å². The summed E-state index contributed by atoms with van der Waals surface area (Å²) in [7, 11) is 0. The van der Waals surface area contributed by atoms with E-state index < -0.39 is 0 Å². The summed E-state index contributed by atoms with van der Waals surface area (Å²) in [5.74, 6) is 0.945. The highest BCUT2D eigenvalue weighted by molar-refractivity contribution is 6.00. The first-order chi connectivity index (χ1) is 10.7. The molecule has 0 radical (unpaired) electrons. The van der Waals surface area contributed by atoms with Crippen LogP contribution in [0, 0.1) is 11.7 Å². The quantitative estimate of drug-likeness (QED) is 0.812. The van der Waals surface area contributed by atoms with Crippen molar-refractivity contribution < 1.29 is 18.7 Å². The van der Waals surface area contributed by atoms with Crippen LogP contribution in [0.25, 0.3) is 0 Å². The highest BCUT2D eigenvalue weighted by Crippen LogP contribution is 2.50. The molecule has 0 spiro atoms. The van der Waals surface area contributed by atoms with Gasteiger partial charge in [0.1, 0.15) is 19.0 Å². The summed E-state index contributed by atoms with van der Waals surface area (Å²) >= 11 is 0. The topological polar surface area (TPSA) is 35.5 Å². The van der Waals surface area contributed by atoms with Gasteiger partial charge in [0.05, 0.1) is 0 Å². The third kappa shape index (κ3) is 2.25. The second kappa shape index (κ2) is 5.13. The van der Waals surface area contributed by atoms with Crippen LogP contribution < -0.4 is 9.47 Å². The Hall–Kier alpha value is -2.36. The molecule has 1 fully saturated rings. The van der Waals surface area contributed by atoms with E-state index in [2.05, 4.69) is 0 Å². The highest BCUT2D eigenvalue weighted by Gasteiger charge is 2.45. The van der Waals surface area contributed by atoms with E-state index >= 15 is 0 Å². The minimum atomic E-state index is -0.232. The smallest absolute Gasteiger partial charge is 0.166 e. The summed E-state index contributed by atoms with van der Waals surface area (Å²) in [4.78, 5) is 12.6. The maximum Gasteiger partial charge on any atom is 0.166 e. The monoisotopic (exact) mass is 298 g/mol. The molecule has 2 aromatic rings. The van der Waals surface area contributed by atoms with Crippen LogP contribution >= 0.6 is 0 Å². The maximum atomic E-state index is 13.8. The fourth-order valence-electron chi connectivity index (χ4n) is 3.01. The second-order valence-corrected chi connectivity index (χ2v) is 5.69. The Kier molecular flexibility index (Phi) is 3.10. The number of hydrogen-bond acceptors (Lipinski definition) is 3. The van der Waals surface area contributed by atoms with Gasteiger partial charge in [-0.05, 0) is 42.2 Å². The molecule has 4 heteroatoms. The zero-order valence-electron chi connectivity index (χ0n) is 11.9. The van der Waals surface area contributed by atoms with E-state index in [-0.39, 0.29) is 23.4 Å². The lowest BCUT2D eigenvalue weighted by atomic mass is 10.0. The zero-order valence-corrected chi connectivity index (χ0v) is 11.9. The van der Waals surface area contributed by atoms with Crippen LogP contribution in [0.2, 0.25) is 0 Å². The minimum absolute atomic E-state index is 0.0121. The van der Waals surface area contributed by atoms with Crippen molar-refractivity contribution >= 4 is 5.78 Å². The van der Waals surface area contributed by atoms with E-state index in [1.807, 2.05) is 6.07 Å². The van der Waals surface area contributed by atoms with Crippen LogP contribution in [0.5, 0.6) is 11.5 Å². The third-order valence-corrected chi connectivity index (χ3v) is 4.26. The Bertz CT molecular complexity index is 741. The van der Waals surface area contributed by atoms with Crippen molar-refractivity contribution in [1.82, 2.24) is 0 Å². The minimum Gasteiger partial charge on any atom is -0.486 e. The Labute approximate surface area is 127 Å². The molecule has 0 saturated heterocycles. The first kappa shape index (κ1) is 13.3. The van der Waals surface area contributed by atoms with Crippen molar-refractivity contribution in [3.05, 3.63) is 59.4 Å². The molecule has 2 unspecified atom stereocenters. The van der Waals surface area contributed by atoms with E-state index in [0.717, 1.165) is 0 Å². The molecule has 0 amide bonds. The maximum absolute atomic E-state index is 13.8. The molecule has 2 atom stereocenters. The standard InChI is InChI=1S/C18H15FO3/c19-15-4-2-1-3-12(15)13-10-14(13)18(20)11-5-6-16-17(9-11)22-8-7-21-16/h1-6,9,13-14H,7-8,10H2. The van der Waals surface area contributed by atoms with E-state index in [9.17, 15) is 9.18 Å². The number of carbonyl (C=O) groups excluding carboxylic acids is 1. The summed E-state index contributed by atoms with van der Waals surface area (Å²) in [6.45, 7) is 1.02. The van der Waals surface area contributed by atoms with Crippen LogP contribution in [-0.2, 0) is 0 Å². The van der Waals surface area contributed by atoms with Crippen LogP contribution in [0.1, 0.15) is 28.3 Å². The molecule has 4 rings (SSSR count). The number of rotatable bonds is 3. The number of benzene rings is 2. The summed E-state index contributed by atoms with van der Waals surface area (Å²) in [6, 6.07) is 11.9. The largest absolute Gasteiger partial charge is 0.486 e. The van der Waals surface area contributed by atoms with Crippen LogP contribution in [0.4, 0.5) is 4.39 Å². The first-order valence-corrected chi connectivity index (χ1v) is 7.42. The van der Waals surface area contributed by atoms with Gasteiger partial charge in [0.2, 0.25) is 0 Å². The lowest BCUT2D eigenvalue weighted by molar-refractivity contribution is 0.0964. The van der Waals surface area contributed by atoms with Crippen LogP contribution in [-0.4, -0.2) is 19.0 Å². The SMILES string of the molecule is O=C(c1ccc2c(c1)OCCO2)C1CC1c1ccccc1F. The van der Waals surface area contributed by atoms with E-state index in [1.54, 1.807) is 30.3 Å². The lowest BCUT2D eigenvalue weighted by Gasteiger charge is -2.18. The fourth-order valence-corrected chi connectivity index (χ4v) is 3.01.